The molecule has 0 aliphatic carbocycles. The lowest BCUT2D eigenvalue weighted by molar-refractivity contribution is -0.00911. The summed E-state index contributed by atoms with van der Waals surface area (Å²) < 4.78 is 5.95. The first kappa shape index (κ1) is 12.7. The van der Waals surface area contributed by atoms with Crippen LogP contribution in [0, 0.1) is 6.92 Å². The first-order valence-electron chi connectivity index (χ1n) is 6.15. The summed E-state index contributed by atoms with van der Waals surface area (Å²) in [5, 5.41) is 4.23. The lowest BCUT2D eigenvalue weighted by atomic mass is 10.1. The van der Waals surface area contributed by atoms with Crippen molar-refractivity contribution in [3.63, 3.8) is 0 Å². The van der Waals surface area contributed by atoms with Gasteiger partial charge in [0.15, 0.2) is 0 Å². The minimum absolute atomic E-state index is 0.0374. The molecule has 0 saturated carbocycles. The van der Waals surface area contributed by atoms with Crippen molar-refractivity contribution in [2.45, 2.75) is 45.3 Å². The highest BCUT2D eigenvalue weighted by atomic mass is 35.5. The first-order valence-corrected chi connectivity index (χ1v) is 6.52. The average Bonchev–Trinajstić information content (AvgIpc) is 2.61. The normalized spacial score (nSPS) is 22.7. The van der Waals surface area contributed by atoms with Gasteiger partial charge in [-0.25, -0.2) is 0 Å². The molecule has 0 radical (unpaired) electrons. The van der Waals surface area contributed by atoms with Crippen molar-refractivity contribution in [2.24, 2.45) is 0 Å². The van der Waals surface area contributed by atoms with Gasteiger partial charge in [0, 0.05) is 17.3 Å². The van der Waals surface area contributed by atoms with E-state index in [-0.39, 0.29) is 5.60 Å². The predicted octanol–water partition coefficient (Wildman–Crippen LogP) is 4.02. The van der Waals surface area contributed by atoms with Gasteiger partial charge >= 0.3 is 0 Å². The molecule has 1 N–H and O–H groups in total. The van der Waals surface area contributed by atoms with Crippen LogP contribution in [0.25, 0.3) is 0 Å². The molecule has 2 nitrogen and oxygen atoms in total. The highest BCUT2D eigenvalue weighted by Crippen LogP contribution is 2.30. The van der Waals surface area contributed by atoms with Gasteiger partial charge in [-0.05, 0) is 51.3 Å². The van der Waals surface area contributed by atoms with Crippen molar-refractivity contribution >= 4 is 17.3 Å². The summed E-state index contributed by atoms with van der Waals surface area (Å²) in [5.41, 5.74) is 2.24. The second kappa shape index (κ2) is 4.87. The first-order chi connectivity index (χ1) is 7.98. The molecule has 0 aromatic heterocycles. The van der Waals surface area contributed by atoms with Crippen LogP contribution < -0.4 is 5.32 Å². The summed E-state index contributed by atoms with van der Waals surface area (Å²) >= 11 is 6.08. The van der Waals surface area contributed by atoms with Crippen LogP contribution in [0.5, 0.6) is 0 Å². The van der Waals surface area contributed by atoms with E-state index in [9.17, 15) is 0 Å². The largest absolute Gasteiger partial charge is 0.382 e. The van der Waals surface area contributed by atoms with E-state index in [2.05, 4.69) is 25.2 Å². The number of nitrogens with one attached hydrogen (secondary N) is 1. The lowest BCUT2D eigenvalue weighted by Gasteiger charge is -2.20. The summed E-state index contributed by atoms with van der Waals surface area (Å²) in [5.74, 6) is 0. The van der Waals surface area contributed by atoms with Crippen molar-refractivity contribution in [3.05, 3.63) is 28.8 Å². The number of benzene rings is 1. The van der Waals surface area contributed by atoms with E-state index >= 15 is 0 Å². The molecule has 94 valence electrons. The number of rotatable bonds is 3. The lowest BCUT2D eigenvalue weighted by Crippen LogP contribution is -2.25. The molecule has 1 aliphatic heterocycles. The monoisotopic (exact) mass is 253 g/mol. The Bertz CT molecular complexity index is 403. The summed E-state index contributed by atoms with van der Waals surface area (Å²) in [6.07, 6.45) is 2.57. The Morgan fingerprint density at radius 3 is 2.88 bits per heavy atom. The standard InChI is InChI=1S/C14H20ClNO/c1-10-12(15)5-4-6-13(10)16-9-11-7-8-14(2,3)17-11/h4-6,11,16H,7-9H2,1-3H3. The molecule has 1 aromatic rings. The molecule has 0 spiro atoms. The van der Waals surface area contributed by atoms with E-state index in [0.29, 0.717) is 6.10 Å². The Morgan fingerprint density at radius 1 is 1.47 bits per heavy atom. The highest BCUT2D eigenvalue weighted by Gasteiger charge is 2.31. The molecule has 1 aromatic carbocycles. The van der Waals surface area contributed by atoms with Gasteiger partial charge in [-0.15, -0.1) is 0 Å². The van der Waals surface area contributed by atoms with Crippen molar-refractivity contribution in [1.29, 1.82) is 0 Å². The molecule has 1 aliphatic rings. The second-order valence-electron chi connectivity index (χ2n) is 5.33. The molecule has 2 rings (SSSR count). The molecule has 1 atom stereocenters. The van der Waals surface area contributed by atoms with E-state index in [1.165, 1.54) is 0 Å². The van der Waals surface area contributed by atoms with Gasteiger partial charge in [0.25, 0.3) is 0 Å². The number of hydrogen-bond acceptors (Lipinski definition) is 2. The maximum Gasteiger partial charge on any atom is 0.0755 e. The molecule has 1 saturated heterocycles. The Balaban J connectivity index is 1.93. The van der Waals surface area contributed by atoms with Gasteiger partial charge < -0.3 is 10.1 Å². The molecule has 1 unspecified atom stereocenters. The van der Waals surface area contributed by atoms with Crippen LogP contribution in [-0.4, -0.2) is 18.2 Å². The van der Waals surface area contributed by atoms with E-state index in [0.717, 1.165) is 35.7 Å². The molecule has 0 amide bonds. The molecule has 0 bridgehead atoms. The van der Waals surface area contributed by atoms with Crippen LogP contribution in [0.3, 0.4) is 0 Å². The van der Waals surface area contributed by atoms with Gasteiger partial charge in [-0.1, -0.05) is 17.7 Å². The van der Waals surface area contributed by atoms with Crippen molar-refractivity contribution in [3.8, 4) is 0 Å². The maximum absolute atomic E-state index is 6.08. The summed E-state index contributed by atoms with van der Waals surface area (Å²) in [7, 11) is 0. The van der Waals surface area contributed by atoms with Crippen molar-refractivity contribution in [1.82, 2.24) is 0 Å². The number of ether oxygens (including phenoxy) is 1. The summed E-state index contributed by atoms with van der Waals surface area (Å²) in [6, 6.07) is 5.94. The Morgan fingerprint density at radius 2 is 2.24 bits per heavy atom. The van der Waals surface area contributed by atoms with E-state index in [4.69, 9.17) is 16.3 Å². The maximum atomic E-state index is 6.08. The van der Waals surface area contributed by atoms with Crippen LogP contribution in [0.4, 0.5) is 5.69 Å². The Kier molecular flexibility index (Phi) is 3.64. The third kappa shape index (κ3) is 3.14. The Hall–Kier alpha value is -0.730. The minimum Gasteiger partial charge on any atom is -0.382 e. The molecule has 1 fully saturated rings. The quantitative estimate of drug-likeness (QED) is 0.879. The van der Waals surface area contributed by atoms with Crippen LogP contribution >= 0.6 is 11.6 Å². The third-order valence-corrected chi connectivity index (χ3v) is 3.75. The number of anilines is 1. The highest BCUT2D eigenvalue weighted by molar-refractivity contribution is 6.31. The fourth-order valence-corrected chi connectivity index (χ4v) is 2.42. The fourth-order valence-electron chi connectivity index (χ4n) is 2.24. The molecule has 17 heavy (non-hydrogen) atoms. The topological polar surface area (TPSA) is 21.3 Å². The van der Waals surface area contributed by atoms with Gasteiger partial charge in [-0.3, -0.25) is 0 Å². The summed E-state index contributed by atoms with van der Waals surface area (Å²) in [4.78, 5) is 0. The zero-order valence-electron chi connectivity index (χ0n) is 10.7. The van der Waals surface area contributed by atoms with Gasteiger partial charge in [0.1, 0.15) is 0 Å². The zero-order chi connectivity index (χ0) is 12.5. The van der Waals surface area contributed by atoms with E-state index < -0.39 is 0 Å². The van der Waals surface area contributed by atoms with Crippen LogP contribution in [0.1, 0.15) is 32.3 Å². The van der Waals surface area contributed by atoms with Gasteiger partial charge in [0.2, 0.25) is 0 Å². The number of halogens is 1. The van der Waals surface area contributed by atoms with Gasteiger partial charge in [0.05, 0.1) is 11.7 Å². The minimum atomic E-state index is 0.0374. The van der Waals surface area contributed by atoms with Crippen molar-refractivity contribution in [2.75, 3.05) is 11.9 Å². The third-order valence-electron chi connectivity index (χ3n) is 3.34. The second-order valence-corrected chi connectivity index (χ2v) is 5.74. The van der Waals surface area contributed by atoms with Crippen LogP contribution in [0.2, 0.25) is 5.02 Å². The molecule has 3 heteroatoms. The van der Waals surface area contributed by atoms with Crippen molar-refractivity contribution < 1.29 is 4.74 Å². The van der Waals surface area contributed by atoms with Gasteiger partial charge in [-0.2, -0.15) is 0 Å². The molecular formula is C14H20ClNO. The number of hydrogen-bond donors (Lipinski definition) is 1. The fraction of sp³-hybridized carbons (Fsp3) is 0.571. The average molecular weight is 254 g/mol. The van der Waals surface area contributed by atoms with E-state index in [1.807, 2.05) is 19.1 Å². The SMILES string of the molecule is Cc1c(Cl)cccc1NCC1CCC(C)(C)O1. The summed E-state index contributed by atoms with van der Waals surface area (Å²) in [6.45, 7) is 7.18. The smallest absolute Gasteiger partial charge is 0.0755 e. The molecule has 1 heterocycles. The Labute approximate surface area is 108 Å². The molecular weight excluding hydrogens is 234 g/mol. The zero-order valence-corrected chi connectivity index (χ0v) is 11.5. The van der Waals surface area contributed by atoms with Crippen LogP contribution in [-0.2, 0) is 4.74 Å². The predicted molar refractivity (Wildman–Crippen MR) is 72.9 cm³/mol. The van der Waals surface area contributed by atoms with Crippen LogP contribution in [0.15, 0.2) is 18.2 Å². The van der Waals surface area contributed by atoms with E-state index in [1.54, 1.807) is 0 Å².